The molecule has 3 heteroatoms. The lowest BCUT2D eigenvalue weighted by molar-refractivity contribution is 0.101. The van der Waals surface area contributed by atoms with Crippen molar-refractivity contribution in [3.8, 4) is 0 Å². The minimum Gasteiger partial charge on any atom is -0.381 e. The topological polar surface area (TPSA) is 29.1 Å². The summed E-state index contributed by atoms with van der Waals surface area (Å²) < 4.78 is 0. The van der Waals surface area contributed by atoms with Crippen LogP contribution in [-0.2, 0) is 6.54 Å². The number of anilines is 1. The van der Waals surface area contributed by atoms with Crippen LogP contribution in [0.4, 0.5) is 5.69 Å². The number of rotatable bonds is 4. The minimum atomic E-state index is 0.0141. The van der Waals surface area contributed by atoms with Gasteiger partial charge in [0.25, 0.3) is 0 Å². The third-order valence-electron chi connectivity index (χ3n) is 2.64. The van der Waals surface area contributed by atoms with Crippen LogP contribution in [0.2, 0.25) is 5.02 Å². The summed E-state index contributed by atoms with van der Waals surface area (Å²) >= 11 is 5.98. The van der Waals surface area contributed by atoms with Crippen LogP contribution in [0, 0.1) is 0 Å². The van der Waals surface area contributed by atoms with Gasteiger partial charge in [0, 0.05) is 22.8 Å². The van der Waals surface area contributed by atoms with Gasteiger partial charge in [-0.05, 0) is 30.7 Å². The van der Waals surface area contributed by atoms with Crippen molar-refractivity contribution in [2.75, 3.05) is 5.32 Å². The van der Waals surface area contributed by atoms with Gasteiger partial charge in [0.05, 0.1) is 0 Å². The molecule has 1 N–H and O–H groups in total. The molecule has 0 radical (unpaired) electrons. The van der Waals surface area contributed by atoms with Crippen LogP contribution in [0.1, 0.15) is 22.8 Å². The van der Waals surface area contributed by atoms with Gasteiger partial charge in [-0.15, -0.1) is 0 Å². The van der Waals surface area contributed by atoms with E-state index in [1.54, 1.807) is 6.07 Å². The number of benzene rings is 2. The summed E-state index contributed by atoms with van der Waals surface area (Å²) in [6.07, 6.45) is 0. The van der Waals surface area contributed by atoms with Gasteiger partial charge in [0.15, 0.2) is 5.78 Å². The highest BCUT2D eigenvalue weighted by molar-refractivity contribution is 6.31. The molecule has 0 amide bonds. The van der Waals surface area contributed by atoms with E-state index in [0.29, 0.717) is 17.1 Å². The first-order valence-corrected chi connectivity index (χ1v) is 6.12. The second-order valence-electron chi connectivity index (χ2n) is 4.12. The van der Waals surface area contributed by atoms with E-state index in [-0.39, 0.29) is 5.78 Å². The fourth-order valence-electron chi connectivity index (χ4n) is 1.69. The summed E-state index contributed by atoms with van der Waals surface area (Å²) in [6.45, 7) is 2.24. The molecule has 2 rings (SSSR count). The normalized spacial score (nSPS) is 10.1. The van der Waals surface area contributed by atoms with Crippen LogP contribution >= 0.6 is 11.6 Å². The predicted octanol–water partition coefficient (Wildman–Crippen LogP) is 4.15. The van der Waals surface area contributed by atoms with Crippen LogP contribution < -0.4 is 5.32 Å². The summed E-state index contributed by atoms with van der Waals surface area (Å²) in [6, 6.07) is 15.4. The molecule has 18 heavy (non-hydrogen) atoms. The van der Waals surface area contributed by atoms with Crippen molar-refractivity contribution in [3.05, 3.63) is 64.7 Å². The number of carbonyl (C=O) groups excluding carboxylic acids is 1. The van der Waals surface area contributed by atoms with E-state index in [0.717, 1.165) is 5.69 Å². The summed E-state index contributed by atoms with van der Waals surface area (Å²) in [7, 11) is 0. The van der Waals surface area contributed by atoms with E-state index < -0.39 is 0 Å². The smallest absolute Gasteiger partial charge is 0.159 e. The zero-order valence-corrected chi connectivity index (χ0v) is 10.9. The predicted molar refractivity (Wildman–Crippen MR) is 75.2 cm³/mol. The Morgan fingerprint density at radius 2 is 1.89 bits per heavy atom. The summed E-state index contributed by atoms with van der Waals surface area (Å²) in [5.74, 6) is 0.0141. The number of hydrogen-bond donors (Lipinski definition) is 1. The number of ketones is 1. The first-order valence-electron chi connectivity index (χ1n) is 5.74. The van der Waals surface area contributed by atoms with Crippen molar-refractivity contribution < 1.29 is 4.79 Å². The molecule has 0 unspecified atom stereocenters. The number of halogens is 1. The lowest BCUT2D eigenvalue weighted by Gasteiger charge is -2.08. The van der Waals surface area contributed by atoms with Gasteiger partial charge in [-0.2, -0.15) is 0 Å². The first kappa shape index (κ1) is 12.7. The van der Waals surface area contributed by atoms with E-state index in [2.05, 4.69) is 5.32 Å². The van der Waals surface area contributed by atoms with Crippen molar-refractivity contribution in [1.29, 1.82) is 0 Å². The minimum absolute atomic E-state index is 0.0141. The Kier molecular flexibility index (Phi) is 4.00. The molecular formula is C15H14ClNO. The van der Waals surface area contributed by atoms with Gasteiger partial charge < -0.3 is 5.32 Å². The average molecular weight is 260 g/mol. The van der Waals surface area contributed by atoms with E-state index in [1.807, 2.05) is 42.5 Å². The maximum Gasteiger partial charge on any atom is 0.159 e. The highest BCUT2D eigenvalue weighted by atomic mass is 35.5. The second kappa shape index (κ2) is 5.69. The molecule has 0 aromatic heterocycles. The largest absolute Gasteiger partial charge is 0.381 e. The van der Waals surface area contributed by atoms with Crippen LogP contribution in [0.25, 0.3) is 0 Å². The van der Waals surface area contributed by atoms with Crippen LogP contribution in [0.3, 0.4) is 0 Å². The molecule has 0 aliphatic carbocycles. The van der Waals surface area contributed by atoms with Gasteiger partial charge in [0.2, 0.25) is 0 Å². The fraction of sp³-hybridized carbons (Fsp3) is 0.133. The molecule has 0 fully saturated rings. The molecule has 2 aromatic rings. The Morgan fingerprint density at radius 1 is 1.17 bits per heavy atom. The monoisotopic (exact) mass is 259 g/mol. The zero-order valence-electron chi connectivity index (χ0n) is 10.1. The van der Waals surface area contributed by atoms with E-state index in [9.17, 15) is 4.79 Å². The molecule has 0 bridgehead atoms. The zero-order chi connectivity index (χ0) is 13.0. The lowest BCUT2D eigenvalue weighted by Crippen LogP contribution is -2.01. The van der Waals surface area contributed by atoms with Gasteiger partial charge >= 0.3 is 0 Å². The number of nitrogens with one attached hydrogen (secondary N) is 1. The van der Waals surface area contributed by atoms with Gasteiger partial charge in [-0.25, -0.2) is 0 Å². The van der Waals surface area contributed by atoms with Crippen molar-refractivity contribution in [2.45, 2.75) is 13.5 Å². The van der Waals surface area contributed by atoms with E-state index in [1.165, 1.54) is 12.5 Å². The molecule has 92 valence electrons. The number of Topliss-reactive ketones (excluding diaryl/α,β-unsaturated/α-hetero) is 1. The molecule has 2 aromatic carbocycles. The van der Waals surface area contributed by atoms with Crippen molar-refractivity contribution in [2.24, 2.45) is 0 Å². The molecule has 0 aliphatic heterocycles. The van der Waals surface area contributed by atoms with Gasteiger partial charge in [0.1, 0.15) is 0 Å². The maximum absolute atomic E-state index is 11.3. The Balaban J connectivity index is 2.12. The van der Waals surface area contributed by atoms with E-state index in [4.69, 9.17) is 11.6 Å². The summed E-state index contributed by atoms with van der Waals surface area (Å²) in [5.41, 5.74) is 2.66. The van der Waals surface area contributed by atoms with Crippen LogP contribution in [-0.4, -0.2) is 5.78 Å². The Labute approximate surface area is 112 Å². The lowest BCUT2D eigenvalue weighted by atomic mass is 10.1. The molecule has 0 aliphatic rings. The fourth-order valence-corrected chi connectivity index (χ4v) is 1.93. The standard InChI is InChI=1S/C15H14ClNO/c1-11(18)13-7-14(16)9-15(8-13)17-10-12-5-3-2-4-6-12/h2-9,17H,10H2,1H3. The Hall–Kier alpha value is -1.80. The Morgan fingerprint density at radius 3 is 2.56 bits per heavy atom. The molecule has 0 saturated carbocycles. The highest BCUT2D eigenvalue weighted by Crippen LogP contribution is 2.20. The van der Waals surface area contributed by atoms with Crippen molar-refractivity contribution >= 4 is 23.1 Å². The second-order valence-corrected chi connectivity index (χ2v) is 4.56. The summed E-state index contributed by atoms with van der Waals surface area (Å²) in [5, 5.41) is 3.83. The van der Waals surface area contributed by atoms with Crippen LogP contribution in [0.15, 0.2) is 48.5 Å². The Bertz CT molecular complexity index is 552. The maximum atomic E-state index is 11.3. The number of hydrogen-bond acceptors (Lipinski definition) is 2. The van der Waals surface area contributed by atoms with Gasteiger partial charge in [-0.1, -0.05) is 41.9 Å². The molecule has 0 atom stereocenters. The average Bonchev–Trinajstić information content (AvgIpc) is 2.37. The quantitative estimate of drug-likeness (QED) is 0.836. The molecule has 0 spiro atoms. The van der Waals surface area contributed by atoms with Gasteiger partial charge in [-0.3, -0.25) is 4.79 Å². The molecule has 0 heterocycles. The van der Waals surface area contributed by atoms with Crippen molar-refractivity contribution in [3.63, 3.8) is 0 Å². The summed E-state index contributed by atoms with van der Waals surface area (Å²) in [4.78, 5) is 11.3. The number of carbonyl (C=O) groups is 1. The SMILES string of the molecule is CC(=O)c1cc(Cl)cc(NCc2ccccc2)c1. The highest BCUT2D eigenvalue weighted by Gasteiger charge is 2.03. The molecule has 0 saturated heterocycles. The first-order chi connectivity index (χ1) is 8.65. The molecular weight excluding hydrogens is 246 g/mol. The third-order valence-corrected chi connectivity index (χ3v) is 2.86. The van der Waals surface area contributed by atoms with Crippen LogP contribution in [0.5, 0.6) is 0 Å². The third kappa shape index (κ3) is 3.34. The van der Waals surface area contributed by atoms with E-state index >= 15 is 0 Å². The molecule has 2 nitrogen and oxygen atoms in total. The van der Waals surface area contributed by atoms with Crippen molar-refractivity contribution in [1.82, 2.24) is 0 Å².